The molecule has 0 bridgehead atoms. The highest BCUT2D eigenvalue weighted by Crippen LogP contribution is 2.41. The SMILES string of the molecule is Cc1ccc(-c2c([CH]C(C)(C)C)c(CC3CC3)nc3ccc(O)cc23)cc1. The lowest BCUT2D eigenvalue weighted by molar-refractivity contribution is 0.476. The van der Waals surface area contributed by atoms with E-state index in [1.54, 1.807) is 6.07 Å². The van der Waals surface area contributed by atoms with Crippen LogP contribution in [0.1, 0.15) is 50.4 Å². The first-order valence-electron chi connectivity index (χ1n) is 9.89. The van der Waals surface area contributed by atoms with Crippen molar-refractivity contribution >= 4 is 10.9 Å². The minimum atomic E-state index is 0.0456. The molecule has 1 aliphatic carbocycles. The van der Waals surface area contributed by atoms with Gasteiger partial charge in [-0.3, -0.25) is 4.98 Å². The van der Waals surface area contributed by atoms with Crippen LogP contribution in [0.4, 0.5) is 0 Å². The smallest absolute Gasteiger partial charge is 0.116 e. The molecule has 2 nitrogen and oxygen atoms in total. The molecule has 0 spiro atoms. The number of benzene rings is 2. The molecule has 0 aliphatic heterocycles. The molecule has 1 fully saturated rings. The zero-order valence-electron chi connectivity index (χ0n) is 16.7. The van der Waals surface area contributed by atoms with E-state index in [1.807, 2.05) is 12.1 Å². The van der Waals surface area contributed by atoms with Gasteiger partial charge in [0.25, 0.3) is 0 Å². The molecule has 1 radical (unpaired) electrons. The predicted octanol–water partition coefficient (Wildman–Crippen LogP) is 6.47. The molecule has 1 aromatic heterocycles. The van der Waals surface area contributed by atoms with E-state index in [9.17, 15) is 5.11 Å². The van der Waals surface area contributed by atoms with E-state index in [-0.39, 0.29) is 11.2 Å². The van der Waals surface area contributed by atoms with E-state index in [2.05, 4.69) is 58.4 Å². The first-order valence-corrected chi connectivity index (χ1v) is 9.89. The molecular weight excluding hydrogens is 330 g/mol. The van der Waals surface area contributed by atoms with Gasteiger partial charge in [-0.15, -0.1) is 0 Å². The van der Waals surface area contributed by atoms with Crippen LogP contribution >= 0.6 is 0 Å². The Kier molecular flexibility index (Phi) is 4.46. The average molecular weight is 359 g/mol. The second-order valence-corrected chi connectivity index (χ2v) is 9.07. The van der Waals surface area contributed by atoms with Crippen LogP contribution in [0.25, 0.3) is 22.0 Å². The lowest BCUT2D eigenvalue weighted by atomic mass is 9.82. The number of hydrogen-bond donors (Lipinski definition) is 1. The van der Waals surface area contributed by atoms with E-state index < -0.39 is 0 Å². The molecule has 139 valence electrons. The first-order chi connectivity index (χ1) is 12.8. The molecular formula is C25H28NO. The molecule has 0 saturated heterocycles. The third kappa shape index (κ3) is 4.00. The normalized spacial score (nSPS) is 14.7. The summed E-state index contributed by atoms with van der Waals surface area (Å²) in [6, 6.07) is 14.2. The van der Waals surface area contributed by atoms with Crippen molar-refractivity contribution in [2.24, 2.45) is 11.3 Å². The lowest BCUT2D eigenvalue weighted by Crippen LogP contribution is -2.12. The van der Waals surface area contributed by atoms with E-state index in [0.29, 0.717) is 0 Å². The Morgan fingerprint density at radius 3 is 2.41 bits per heavy atom. The summed E-state index contributed by atoms with van der Waals surface area (Å²) in [7, 11) is 0. The van der Waals surface area contributed by atoms with Crippen molar-refractivity contribution in [3.8, 4) is 16.9 Å². The maximum absolute atomic E-state index is 10.2. The van der Waals surface area contributed by atoms with Gasteiger partial charge < -0.3 is 5.11 Å². The Morgan fingerprint density at radius 2 is 1.78 bits per heavy atom. The van der Waals surface area contributed by atoms with Crippen LogP contribution in [0.15, 0.2) is 42.5 Å². The van der Waals surface area contributed by atoms with Crippen molar-refractivity contribution < 1.29 is 5.11 Å². The van der Waals surface area contributed by atoms with E-state index in [0.717, 1.165) is 23.2 Å². The zero-order valence-corrected chi connectivity index (χ0v) is 16.7. The molecule has 0 atom stereocenters. The maximum atomic E-state index is 10.2. The average Bonchev–Trinajstić information content (AvgIpc) is 3.40. The summed E-state index contributed by atoms with van der Waals surface area (Å²) in [5, 5.41) is 11.2. The maximum Gasteiger partial charge on any atom is 0.116 e. The molecule has 1 aliphatic rings. The standard InChI is InChI=1S/C25H28NO/c1-16-5-9-18(10-6-16)24-20-14-19(27)11-12-22(20)26-23(13-17-7-8-17)21(24)15-25(2,3)4/h5-6,9-12,14-15,17,27H,7-8,13H2,1-4H3. The van der Waals surface area contributed by atoms with Crippen LogP contribution in [-0.2, 0) is 6.42 Å². The van der Waals surface area contributed by atoms with Gasteiger partial charge in [0.15, 0.2) is 0 Å². The van der Waals surface area contributed by atoms with Crippen molar-refractivity contribution in [2.45, 2.75) is 47.0 Å². The highest BCUT2D eigenvalue weighted by molar-refractivity contribution is 5.98. The Morgan fingerprint density at radius 1 is 1.07 bits per heavy atom. The van der Waals surface area contributed by atoms with Crippen molar-refractivity contribution in [3.63, 3.8) is 0 Å². The largest absolute Gasteiger partial charge is 0.508 e. The minimum Gasteiger partial charge on any atom is -0.508 e. The molecule has 2 heteroatoms. The van der Waals surface area contributed by atoms with E-state index in [1.165, 1.54) is 40.8 Å². The lowest BCUT2D eigenvalue weighted by Gasteiger charge is -2.24. The molecule has 1 saturated carbocycles. The van der Waals surface area contributed by atoms with Gasteiger partial charge >= 0.3 is 0 Å². The highest BCUT2D eigenvalue weighted by Gasteiger charge is 2.27. The fourth-order valence-electron chi connectivity index (χ4n) is 3.69. The van der Waals surface area contributed by atoms with Gasteiger partial charge in [-0.2, -0.15) is 0 Å². The molecule has 0 amide bonds. The second-order valence-electron chi connectivity index (χ2n) is 9.07. The van der Waals surface area contributed by atoms with Crippen LogP contribution in [0.2, 0.25) is 0 Å². The number of aromatic hydroxyl groups is 1. The third-order valence-electron chi connectivity index (χ3n) is 5.18. The van der Waals surface area contributed by atoms with Gasteiger partial charge in [-0.25, -0.2) is 0 Å². The van der Waals surface area contributed by atoms with Gasteiger partial charge in [-0.1, -0.05) is 50.6 Å². The zero-order chi connectivity index (χ0) is 19.2. The topological polar surface area (TPSA) is 33.1 Å². The number of pyridine rings is 1. The van der Waals surface area contributed by atoms with Crippen molar-refractivity contribution in [2.75, 3.05) is 0 Å². The van der Waals surface area contributed by atoms with E-state index in [4.69, 9.17) is 4.98 Å². The summed E-state index contributed by atoms with van der Waals surface area (Å²) in [5.74, 6) is 1.05. The van der Waals surface area contributed by atoms with Gasteiger partial charge in [-0.05, 0) is 78.8 Å². The number of hydrogen-bond acceptors (Lipinski definition) is 2. The van der Waals surface area contributed by atoms with Crippen molar-refractivity contribution in [1.29, 1.82) is 0 Å². The number of aryl methyl sites for hydroxylation is 1. The van der Waals surface area contributed by atoms with E-state index >= 15 is 0 Å². The third-order valence-corrected chi connectivity index (χ3v) is 5.18. The summed E-state index contributed by atoms with van der Waals surface area (Å²) >= 11 is 0. The number of fused-ring (bicyclic) bond motifs is 1. The number of rotatable bonds is 4. The monoisotopic (exact) mass is 358 g/mol. The Bertz CT molecular complexity index is 976. The van der Waals surface area contributed by atoms with Crippen molar-refractivity contribution in [1.82, 2.24) is 4.98 Å². The molecule has 27 heavy (non-hydrogen) atoms. The summed E-state index contributed by atoms with van der Waals surface area (Å²) < 4.78 is 0. The molecule has 4 rings (SSSR count). The van der Waals surface area contributed by atoms with Gasteiger partial charge in [0.1, 0.15) is 5.75 Å². The van der Waals surface area contributed by atoms with Crippen LogP contribution in [-0.4, -0.2) is 10.1 Å². The number of aromatic nitrogens is 1. The highest BCUT2D eigenvalue weighted by atomic mass is 16.3. The molecule has 1 N–H and O–H groups in total. The van der Waals surface area contributed by atoms with Crippen LogP contribution < -0.4 is 0 Å². The van der Waals surface area contributed by atoms with Crippen LogP contribution in [0, 0.1) is 24.7 Å². The van der Waals surface area contributed by atoms with Crippen molar-refractivity contribution in [3.05, 3.63) is 65.7 Å². The minimum absolute atomic E-state index is 0.0456. The number of phenolic OH excluding ortho intramolecular Hbond substituents is 1. The first kappa shape index (κ1) is 18.0. The Hall–Kier alpha value is -2.35. The molecule has 0 unspecified atom stereocenters. The summed E-state index contributed by atoms with van der Waals surface area (Å²) in [6.45, 7) is 8.82. The Balaban J connectivity index is 2.02. The quantitative estimate of drug-likeness (QED) is 0.580. The fourth-order valence-corrected chi connectivity index (χ4v) is 3.69. The van der Waals surface area contributed by atoms with Gasteiger partial charge in [0.05, 0.1) is 5.52 Å². The molecule has 3 aromatic rings. The Labute approximate surface area is 162 Å². The molecule has 1 heterocycles. The van der Waals surface area contributed by atoms with Gasteiger partial charge in [0, 0.05) is 11.1 Å². The number of phenols is 1. The van der Waals surface area contributed by atoms with Crippen LogP contribution in [0.5, 0.6) is 5.75 Å². The predicted molar refractivity (Wildman–Crippen MR) is 113 cm³/mol. The number of nitrogens with zero attached hydrogens (tertiary/aromatic N) is 1. The van der Waals surface area contributed by atoms with Gasteiger partial charge in [0.2, 0.25) is 0 Å². The summed E-state index contributed by atoms with van der Waals surface area (Å²) in [5.41, 5.74) is 7.07. The fraction of sp³-hybridized carbons (Fsp3) is 0.360. The summed E-state index contributed by atoms with van der Waals surface area (Å²) in [6.07, 6.45) is 6.02. The summed E-state index contributed by atoms with van der Waals surface area (Å²) in [4.78, 5) is 5.04. The molecule has 2 aromatic carbocycles. The van der Waals surface area contributed by atoms with Crippen LogP contribution in [0.3, 0.4) is 0 Å². The second kappa shape index (κ2) is 6.67.